The van der Waals surface area contributed by atoms with Crippen LogP contribution in [0.4, 0.5) is 15.8 Å². The first-order valence-electron chi connectivity index (χ1n) is 7.72. The third-order valence-electron chi connectivity index (χ3n) is 4.43. The van der Waals surface area contributed by atoms with Gasteiger partial charge in [0.15, 0.2) is 0 Å². The van der Waals surface area contributed by atoms with Crippen LogP contribution in [0.3, 0.4) is 0 Å². The maximum Gasteiger partial charge on any atom is 0.131 e. The van der Waals surface area contributed by atoms with E-state index in [1.54, 1.807) is 6.07 Å². The molecule has 0 aromatic heterocycles. The minimum absolute atomic E-state index is 0.184. The van der Waals surface area contributed by atoms with Gasteiger partial charge in [-0.15, -0.1) is 0 Å². The van der Waals surface area contributed by atoms with Crippen LogP contribution in [0, 0.1) is 5.82 Å². The van der Waals surface area contributed by atoms with E-state index < -0.39 is 0 Å². The summed E-state index contributed by atoms with van der Waals surface area (Å²) in [4.78, 5) is 6.99. The number of benzene rings is 2. The topological polar surface area (TPSA) is 27.6 Å². The van der Waals surface area contributed by atoms with Crippen molar-refractivity contribution in [3.05, 3.63) is 48.3 Å². The molecule has 2 aliphatic rings. The molecule has 1 saturated heterocycles. The second-order valence-electron chi connectivity index (χ2n) is 5.78. The van der Waals surface area contributed by atoms with Gasteiger partial charge in [0.25, 0.3) is 0 Å². The first-order valence-corrected chi connectivity index (χ1v) is 7.72. The van der Waals surface area contributed by atoms with Gasteiger partial charge in [0.2, 0.25) is 0 Å². The molecule has 3 nitrogen and oxygen atoms in total. The third-order valence-corrected chi connectivity index (χ3v) is 4.43. The molecule has 2 aromatic carbocycles. The van der Waals surface area contributed by atoms with Gasteiger partial charge in [0.1, 0.15) is 5.82 Å². The first-order chi connectivity index (χ1) is 10.8. The van der Waals surface area contributed by atoms with E-state index in [-0.39, 0.29) is 5.82 Å². The first kappa shape index (κ1) is 13.5. The van der Waals surface area contributed by atoms with Gasteiger partial charge in [0, 0.05) is 43.9 Å². The highest BCUT2D eigenvalue weighted by Crippen LogP contribution is 2.37. The molecule has 0 radical (unpaired) electrons. The number of rotatable bonds is 1. The number of nitrogens with one attached hydrogen (secondary N) is 1. The Morgan fingerprint density at radius 2 is 2.09 bits per heavy atom. The molecule has 1 fully saturated rings. The van der Waals surface area contributed by atoms with Crippen LogP contribution in [-0.2, 0) is 0 Å². The van der Waals surface area contributed by atoms with Gasteiger partial charge in [-0.2, -0.15) is 0 Å². The molecule has 2 heterocycles. The largest absolute Gasteiger partial charge is 0.364 e. The fraction of sp³-hybridized carbons (Fsp3) is 0.278. The van der Waals surface area contributed by atoms with E-state index in [0.29, 0.717) is 11.6 Å². The standard InChI is InChI=1S/C18H18FN3/c19-16-4-2-1-3-15(16)13-5-6-17-18(11-13)22-10-9-20-12-14(22)7-8-21-17/h1-6,8,11,14,20H,7,9-10,12H2. The molecular formula is C18H18FN3. The maximum absolute atomic E-state index is 14.1. The van der Waals surface area contributed by atoms with E-state index in [9.17, 15) is 4.39 Å². The molecule has 0 spiro atoms. The lowest BCUT2D eigenvalue weighted by Crippen LogP contribution is -2.51. The van der Waals surface area contributed by atoms with Gasteiger partial charge in [-0.05, 0) is 23.8 Å². The van der Waals surface area contributed by atoms with E-state index in [2.05, 4.69) is 21.3 Å². The monoisotopic (exact) mass is 295 g/mol. The van der Waals surface area contributed by atoms with Crippen LogP contribution in [-0.4, -0.2) is 31.9 Å². The number of piperazine rings is 1. The smallest absolute Gasteiger partial charge is 0.131 e. The van der Waals surface area contributed by atoms with E-state index in [4.69, 9.17) is 0 Å². The summed E-state index contributed by atoms with van der Waals surface area (Å²) in [5.74, 6) is -0.184. The molecule has 4 heteroatoms. The van der Waals surface area contributed by atoms with Gasteiger partial charge < -0.3 is 10.2 Å². The van der Waals surface area contributed by atoms with Crippen molar-refractivity contribution in [2.45, 2.75) is 12.5 Å². The Morgan fingerprint density at radius 1 is 1.18 bits per heavy atom. The van der Waals surface area contributed by atoms with Crippen LogP contribution in [0.15, 0.2) is 47.5 Å². The molecule has 2 aliphatic heterocycles. The lowest BCUT2D eigenvalue weighted by molar-refractivity contribution is 0.489. The van der Waals surface area contributed by atoms with Crippen molar-refractivity contribution in [1.82, 2.24) is 5.32 Å². The molecule has 4 rings (SSSR count). The Hall–Kier alpha value is -2.20. The summed E-state index contributed by atoms with van der Waals surface area (Å²) in [5, 5.41) is 3.43. The van der Waals surface area contributed by atoms with Crippen molar-refractivity contribution in [2.75, 3.05) is 24.5 Å². The summed E-state index contributed by atoms with van der Waals surface area (Å²) in [7, 11) is 0. The normalized spacial score (nSPS) is 20.2. The van der Waals surface area contributed by atoms with Crippen molar-refractivity contribution in [3.8, 4) is 11.1 Å². The van der Waals surface area contributed by atoms with E-state index in [0.717, 1.165) is 43.0 Å². The number of hydrogen-bond donors (Lipinski definition) is 1. The average molecular weight is 295 g/mol. The zero-order valence-electron chi connectivity index (χ0n) is 12.3. The molecule has 22 heavy (non-hydrogen) atoms. The number of hydrogen-bond acceptors (Lipinski definition) is 3. The van der Waals surface area contributed by atoms with Gasteiger partial charge in [-0.1, -0.05) is 24.3 Å². The Balaban J connectivity index is 1.81. The molecule has 0 amide bonds. The van der Waals surface area contributed by atoms with Crippen LogP contribution in [0.25, 0.3) is 11.1 Å². The van der Waals surface area contributed by atoms with Gasteiger partial charge in [-0.3, -0.25) is 4.99 Å². The zero-order chi connectivity index (χ0) is 14.9. The van der Waals surface area contributed by atoms with E-state index >= 15 is 0 Å². The summed E-state index contributed by atoms with van der Waals surface area (Å²) in [6.07, 6.45) is 2.94. The van der Waals surface area contributed by atoms with Gasteiger partial charge >= 0.3 is 0 Å². The van der Waals surface area contributed by atoms with Crippen LogP contribution in [0.1, 0.15) is 6.42 Å². The van der Waals surface area contributed by atoms with E-state index in [1.807, 2.05) is 30.5 Å². The minimum atomic E-state index is -0.184. The Bertz CT molecular complexity index is 726. The second-order valence-corrected chi connectivity index (χ2v) is 5.78. The number of fused-ring (bicyclic) bond motifs is 3. The molecule has 1 N–H and O–H groups in total. The predicted molar refractivity (Wildman–Crippen MR) is 88.6 cm³/mol. The molecule has 0 saturated carbocycles. The van der Waals surface area contributed by atoms with Crippen molar-refractivity contribution < 1.29 is 4.39 Å². The van der Waals surface area contributed by atoms with Crippen LogP contribution < -0.4 is 10.2 Å². The van der Waals surface area contributed by atoms with Crippen molar-refractivity contribution >= 4 is 17.6 Å². The molecule has 2 aromatic rings. The van der Waals surface area contributed by atoms with Crippen molar-refractivity contribution in [2.24, 2.45) is 4.99 Å². The molecule has 0 bridgehead atoms. The Kier molecular flexibility index (Phi) is 3.39. The summed E-state index contributed by atoms with van der Waals surface area (Å²) < 4.78 is 14.1. The molecule has 112 valence electrons. The summed E-state index contributed by atoms with van der Waals surface area (Å²) in [6.45, 7) is 2.90. The predicted octanol–water partition coefficient (Wildman–Crippen LogP) is 3.38. The highest BCUT2D eigenvalue weighted by Gasteiger charge is 2.25. The molecule has 1 atom stereocenters. The van der Waals surface area contributed by atoms with E-state index in [1.165, 1.54) is 6.07 Å². The average Bonchev–Trinajstić information content (AvgIpc) is 2.74. The molecule has 0 aliphatic carbocycles. The second kappa shape index (κ2) is 5.54. The van der Waals surface area contributed by atoms with Crippen molar-refractivity contribution in [3.63, 3.8) is 0 Å². The van der Waals surface area contributed by atoms with Crippen molar-refractivity contribution in [1.29, 1.82) is 0 Å². The number of nitrogens with zero attached hydrogens (tertiary/aromatic N) is 2. The maximum atomic E-state index is 14.1. The third kappa shape index (κ3) is 2.29. The number of halogens is 1. The minimum Gasteiger partial charge on any atom is -0.364 e. The van der Waals surface area contributed by atoms with Crippen LogP contribution in [0.5, 0.6) is 0 Å². The highest BCUT2D eigenvalue weighted by molar-refractivity contribution is 5.81. The van der Waals surface area contributed by atoms with Crippen LogP contribution >= 0.6 is 0 Å². The Morgan fingerprint density at radius 3 is 3.00 bits per heavy atom. The quantitative estimate of drug-likeness (QED) is 0.873. The summed E-state index contributed by atoms with van der Waals surface area (Å²) in [5.41, 5.74) is 3.64. The SMILES string of the molecule is Fc1ccccc1-c1ccc2c(c1)N1CCNCC1CC=N2. The fourth-order valence-electron chi connectivity index (χ4n) is 3.29. The van der Waals surface area contributed by atoms with Crippen LogP contribution in [0.2, 0.25) is 0 Å². The number of anilines is 1. The highest BCUT2D eigenvalue weighted by atomic mass is 19.1. The summed E-state index contributed by atoms with van der Waals surface area (Å²) in [6, 6.07) is 13.4. The zero-order valence-corrected chi connectivity index (χ0v) is 12.3. The number of aliphatic imine (C=N–C) groups is 1. The Labute approximate surface area is 129 Å². The lowest BCUT2D eigenvalue weighted by Gasteiger charge is -2.37. The molecule has 1 unspecified atom stereocenters. The fourth-order valence-corrected chi connectivity index (χ4v) is 3.29. The van der Waals surface area contributed by atoms with Gasteiger partial charge in [0.05, 0.1) is 11.4 Å². The van der Waals surface area contributed by atoms with Gasteiger partial charge in [-0.25, -0.2) is 4.39 Å². The summed E-state index contributed by atoms with van der Waals surface area (Å²) >= 11 is 0. The molecular weight excluding hydrogens is 277 g/mol. The lowest BCUT2D eigenvalue weighted by atomic mass is 10.0.